The number of fused-ring (bicyclic) bond motifs is 3. The zero-order chi connectivity index (χ0) is 33.4. The Hall–Kier alpha value is -2.70. The molecule has 11 nitrogen and oxygen atoms in total. The van der Waals surface area contributed by atoms with E-state index >= 15 is 0 Å². The number of carbonyl (C=O) groups is 4. The number of unbranched alkanes of at least 4 members (excludes halogenated alkanes) is 4. The Kier molecular flexibility index (Phi) is 10.9. The first kappa shape index (κ1) is 35.2. The molecule has 0 heterocycles. The number of phenols is 1. The van der Waals surface area contributed by atoms with Crippen molar-refractivity contribution in [2.24, 2.45) is 29.4 Å². The first-order valence-corrected chi connectivity index (χ1v) is 16.5. The lowest BCUT2D eigenvalue weighted by atomic mass is 9.52. The zero-order valence-corrected chi connectivity index (χ0v) is 27.7. The van der Waals surface area contributed by atoms with E-state index in [4.69, 9.17) is 5.73 Å². The van der Waals surface area contributed by atoms with Gasteiger partial charge in [0.2, 0.25) is 0 Å². The maximum absolute atomic E-state index is 14.3. The van der Waals surface area contributed by atoms with E-state index in [1.54, 1.807) is 14.1 Å². The van der Waals surface area contributed by atoms with E-state index in [2.05, 4.69) is 18.7 Å². The van der Waals surface area contributed by atoms with Crippen LogP contribution in [-0.2, 0) is 27.3 Å². The molecule has 250 valence electrons. The lowest BCUT2D eigenvalue weighted by Gasteiger charge is -2.53. The number of hydrogen-bond donors (Lipinski definition) is 4. The quantitative estimate of drug-likeness (QED) is 0.143. The van der Waals surface area contributed by atoms with Crippen LogP contribution >= 0.6 is 0 Å². The molecule has 0 radical (unpaired) electrons. The summed E-state index contributed by atoms with van der Waals surface area (Å²) in [5, 5.41) is 33.8. The van der Waals surface area contributed by atoms with Crippen LogP contribution in [0.3, 0.4) is 0 Å². The number of phenolic OH excluding ortho intramolecular Hbond substituents is 1. The van der Waals surface area contributed by atoms with Crippen molar-refractivity contribution in [3.8, 4) is 5.75 Å². The topological polar surface area (TPSA) is 165 Å². The molecular weight excluding hydrogens is 576 g/mol. The Labute approximate surface area is 266 Å². The number of aliphatic hydroxyl groups is 2. The van der Waals surface area contributed by atoms with Crippen molar-refractivity contribution < 1.29 is 34.5 Å². The van der Waals surface area contributed by atoms with Gasteiger partial charge in [0.1, 0.15) is 17.9 Å². The molecule has 4 rings (SSSR count). The fourth-order valence-corrected chi connectivity index (χ4v) is 7.99. The standard InChI is InChI=1S/C34H52N4O7/c1-7-9-11-13-38(14-12-10-8-2)18-20-17-23(36(3)4)21-15-19-16-22-27(37(5)6)30(41)26(33(35)44)32(43)34(22,45)31(42)24(19)29(40)25(21)28(20)39/h17,19,22,24,26-27,33,39,44-45H,7-16,18,35H2,1-6H3/t19-,22-,24?,26?,27-,33?,34-/m0/s1. The summed E-state index contributed by atoms with van der Waals surface area (Å²) in [5.41, 5.74) is 5.00. The summed E-state index contributed by atoms with van der Waals surface area (Å²) in [4.78, 5) is 61.3. The van der Waals surface area contributed by atoms with E-state index in [0.717, 1.165) is 57.3 Å². The molecule has 3 aliphatic rings. The van der Waals surface area contributed by atoms with Crippen molar-refractivity contribution in [2.75, 3.05) is 46.2 Å². The van der Waals surface area contributed by atoms with Gasteiger partial charge in [-0.05, 0) is 70.4 Å². The molecule has 2 fully saturated rings. The monoisotopic (exact) mass is 628 g/mol. The van der Waals surface area contributed by atoms with Crippen molar-refractivity contribution in [2.45, 2.75) is 89.6 Å². The second-order valence-electron chi connectivity index (χ2n) is 13.8. The van der Waals surface area contributed by atoms with Crippen LogP contribution in [0.15, 0.2) is 6.07 Å². The third kappa shape index (κ3) is 6.22. The zero-order valence-electron chi connectivity index (χ0n) is 27.7. The fraction of sp³-hybridized carbons (Fsp3) is 0.706. The number of aliphatic hydroxyl groups excluding tert-OH is 1. The number of ketones is 4. The molecule has 0 aliphatic heterocycles. The van der Waals surface area contributed by atoms with Gasteiger partial charge >= 0.3 is 0 Å². The minimum Gasteiger partial charge on any atom is -0.507 e. The predicted molar refractivity (Wildman–Crippen MR) is 171 cm³/mol. The normalized spacial score (nSPS) is 28.7. The van der Waals surface area contributed by atoms with Gasteiger partial charge in [-0.2, -0.15) is 0 Å². The molecule has 0 bridgehead atoms. The summed E-state index contributed by atoms with van der Waals surface area (Å²) in [6.45, 7) is 6.47. The molecule has 11 heteroatoms. The highest BCUT2D eigenvalue weighted by Gasteiger charge is 2.69. The smallest absolute Gasteiger partial charge is 0.187 e. The number of rotatable bonds is 13. The van der Waals surface area contributed by atoms with E-state index in [1.165, 1.54) is 4.90 Å². The van der Waals surface area contributed by atoms with Crippen LogP contribution in [0.25, 0.3) is 0 Å². The van der Waals surface area contributed by atoms with E-state index in [-0.39, 0.29) is 24.2 Å². The van der Waals surface area contributed by atoms with Crippen molar-refractivity contribution in [1.82, 2.24) is 9.80 Å². The molecular formula is C34H52N4O7. The minimum absolute atomic E-state index is 0.0593. The van der Waals surface area contributed by atoms with Crippen LogP contribution in [0.1, 0.15) is 80.3 Å². The highest BCUT2D eigenvalue weighted by atomic mass is 16.3. The van der Waals surface area contributed by atoms with E-state index in [9.17, 15) is 34.5 Å². The number of benzene rings is 1. The number of likely N-dealkylation sites (N-methyl/N-ethyl adjacent to an activating group) is 1. The van der Waals surface area contributed by atoms with E-state index in [1.807, 2.05) is 25.1 Å². The second-order valence-corrected chi connectivity index (χ2v) is 13.8. The minimum atomic E-state index is -2.67. The van der Waals surface area contributed by atoms with Crippen molar-refractivity contribution >= 4 is 28.8 Å². The third-order valence-corrected chi connectivity index (χ3v) is 10.2. The molecule has 0 spiro atoms. The number of nitrogens with two attached hydrogens (primary N) is 1. The van der Waals surface area contributed by atoms with Gasteiger partial charge in [0.05, 0.1) is 17.5 Å². The summed E-state index contributed by atoms with van der Waals surface area (Å²) in [5.74, 6) is -8.45. The molecule has 2 saturated carbocycles. The molecule has 1 aromatic carbocycles. The molecule has 7 atom stereocenters. The van der Waals surface area contributed by atoms with Gasteiger partial charge in [-0.25, -0.2) is 0 Å². The lowest BCUT2D eigenvalue weighted by Crippen LogP contribution is -2.74. The van der Waals surface area contributed by atoms with Crippen LogP contribution in [0, 0.1) is 23.7 Å². The number of nitrogens with zero attached hydrogens (tertiary/aromatic N) is 3. The Morgan fingerprint density at radius 2 is 1.58 bits per heavy atom. The summed E-state index contributed by atoms with van der Waals surface area (Å²) < 4.78 is 0. The van der Waals surface area contributed by atoms with Gasteiger partial charge in [0.25, 0.3) is 0 Å². The highest BCUT2D eigenvalue weighted by Crippen LogP contribution is 2.52. The van der Waals surface area contributed by atoms with Crippen molar-refractivity contribution in [1.29, 1.82) is 0 Å². The largest absolute Gasteiger partial charge is 0.507 e. The fourth-order valence-electron chi connectivity index (χ4n) is 7.99. The van der Waals surface area contributed by atoms with Crippen LogP contribution < -0.4 is 10.6 Å². The van der Waals surface area contributed by atoms with Gasteiger partial charge in [-0.3, -0.25) is 29.0 Å². The second kappa shape index (κ2) is 14.0. The number of Topliss-reactive ketones (excluding diaryl/α,β-unsaturated/α-hetero) is 4. The van der Waals surface area contributed by atoms with Gasteiger partial charge in [0.15, 0.2) is 28.7 Å². The molecule has 1 aromatic rings. The van der Waals surface area contributed by atoms with Crippen molar-refractivity contribution in [3.63, 3.8) is 0 Å². The summed E-state index contributed by atoms with van der Waals surface area (Å²) in [7, 11) is 6.95. The molecule has 0 saturated heterocycles. The summed E-state index contributed by atoms with van der Waals surface area (Å²) in [6.07, 6.45) is 4.83. The first-order valence-electron chi connectivity index (χ1n) is 16.5. The Bertz CT molecular complexity index is 1300. The lowest BCUT2D eigenvalue weighted by molar-refractivity contribution is -0.184. The maximum Gasteiger partial charge on any atom is 0.187 e. The number of aromatic hydroxyl groups is 1. The molecule has 45 heavy (non-hydrogen) atoms. The van der Waals surface area contributed by atoms with Crippen LogP contribution in [0.2, 0.25) is 0 Å². The molecule has 3 unspecified atom stereocenters. The van der Waals surface area contributed by atoms with Gasteiger partial charge < -0.3 is 26.0 Å². The summed E-state index contributed by atoms with van der Waals surface area (Å²) >= 11 is 0. The predicted octanol–water partition coefficient (Wildman–Crippen LogP) is 1.91. The number of carbonyl (C=O) groups excluding carboxylic acids is 4. The van der Waals surface area contributed by atoms with E-state index in [0.29, 0.717) is 17.7 Å². The Balaban J connectivity index is 1.78. The Morgan fingerprint density at radius 1 is 0.978 bits per heavy atom. The molecule has 3 aliphatic carbocycles. The number of hydrogen-bond acceptors (Lipinski definition) is 11. The third-order valence-electron chi connectivity index (χ3n) is 10.2. The van der Waals surface area contributed by atoms with Crippen LogP contribution in [0.4, 0.5) is 5.69 Å². The summed E-state index contributed by atoms with van der Waals surface area (Å²) in [6, 6.07) is 0.867. The average molecular weight is 629 g/mol. The SMILES string of the molecule is CCCCCN(CCCCC)Cc1cc(N(C)C)c2c(c1O)C(=O)C1C(=O)[C@]3(O)C(=O)C(C(N)O)C(=O)[C@@H](N(C)C)[C@@H]3C[C@@H]1C2. The van der Waals surface area contributed by atoms with E-state index < -0.39 is 64.7 Å². The van der Waals surface area contributed by atoms with Crippen LogP contribution in [0.5, 0.6) is 5.75 Å². The molecule has 0 aromatic heterocycles. The maximum atomic E-state index is 14.3. The first-order chi connectivity index (χ1) is 21.2. The van der Waals surface area contributed by atoms with Gasteiger partial charge in [0, 0.05) is 37.8 Å². The van der Waals surface area contributed by atoms with Crippen molar-refractivity contribution in [3.05, 3.63) is 22.8 Å². The molecule has 0 amide bonds. The van der Waals surface area contributed by atoms with Gasteiger partial charge in [-0.1, -0.05) is 39.5 Å². The van der Waals surface area contributed by atoms with Gasteiger partial charge in [-0.15, -0.1) is 0 Å². The average Bonchev–Trinajstić information content (AvgIpc) is 2.95. The highest BCUT2D eigenvalue weighted by molar-refractivity contribution is 6.27. The molecule has 5 N–H and O–H groups in total. The number of anilines is 1. The van der Waals surface area contributed by atoms with Crippen LogP contribution in [-0.4, -0.2) is 107 Å². The Morgan fingerprint density at radius 3 is 2.09 bits per heavy atom.